The molecular weight excluding hydrogens is 290 g/mol. The van der Waals surface area contributed by atoms with E-state index in [4.69, 9.17) is 9.47 Å². The van der Waals surface area contributed by atoms with Crippen LogP contribution in [0.2, 0.25) is 0 Å². The maximum atomic E-state index is 5.98. The number of methoxy groups -OCH3 is 1. The molecular formula is C18H23N3O2. The van der Waals surface area contributed by atoms with Crippen molar-refractivity contribution in [3.8, 4) is 5.75 Å². The van der Waals surface area contributed by atoms with E-state index in [-0.39, 0.29) is 5.60 Å². The maximum Gasteiger partial charge on any atom is 0.119 e. The Labute approximate surface area is 137 Å². The van der Waals surface area contributed by atoms with Gasteiger partial charge in [0.1, 0.15) is 18.0 Å². The van der Waals surface area contributed by atoms with Gasteiger partial charge in [-0.2, -0.15) is 0 Å². The minimum absolute atomic E-state index is 0.258. The lowest BCUT2D eigenvalue weighted by molar-refractivity contribution is -0.0360. The van der Waals surface area contributed by atoms with E-state index in [0.717, 1.165) is 37.5 Å². The minimum Gasteiger partial charge on any atom is -0.491 e. The van der Waals surface area contributed by atoms with Crippen molar-refractivity contribution in [1.29, 1.82) is 0 Å². The van der Waals surface area contributed by atoms with Gasteiger partial charge >= 0.3 is 0 Å². The summed E-state index contributed by atoms with van der Waals surface area (Å²) in [6, 6.07) is 8.12. The molecule has 23 heavy (non-hydrogen) atoms. The molecule has 0 unspecified atom stereocenters. The number of aryl methyl sites for hydroxylation is 1. The summed E-state index contributed by atoms with van der Waals surface area (Å²) in [5.74, 6) is 0.897. The van der Waals surface area contributed by atoms with Crippen LogP contribution in [0.15, 0.2) is 42.9 Å². The van der Waals surface area contributed by atoms with Crippen LogP contribution in [-0.2, 0) is 11.3 Å². The smallest absolute Gasteiger partial charge is 0.119 e. The molecule has 2 heterocycles. The Hall–Kier alpha value is -1.98. The third-order valence-corrected chi connectivity index (χ3v) is 4.32. The lowest BCUT2D eigenvalue weighted by Gasteiger charge is -2.28. The molecule has 0 aliphatic carbocycles. The van der Waals surface area contributed by atoms with Crippen LogP contribution in [0.3, 0.4) is 0 Å². The fourth-order valence-electron chi connectivity index (χ4n) is 2.97. The number of rotatable bonds is 6. The monoisotopic (exact) mass is 313 g/mol. The van der Waals surface area contributed by atoms with Crippen LogP contribution in [0.25, 0.3) is 0 Å². The number of likely N-dealkylation sites (tertiary alicyclic amines) is 1. The largest absolute Gasteiger partial charge is 0.491 e. The van der Waals surface area contributed by atoms with Gasteiger partial charge in [-0.15, -0.1) is 0 Å². The summed E-state index contributed by atoms with van der Waals surface area (Å²) in [6.45, 7) is 5.23. The number of hydrogen-bond acceptors (Lipinski definition) is 5. The average Bonchev–Trinajstić information content (AvgIpc) is 2.98. The average molecular weight is 313 g/mol. The molecule has 5 nitrogen and oxygen atoms in total. The van der Waals surface area contributed by atoms with Crippen LogP contribution in [0, 0.1) is 6.92 Å². The van der Waals surface area contributed by atoms with E-state index in [1.54, 1.807) is 19.5 Å². The Kier molecular flexibility index (Phi) is 4.88. The normalized spacial score (nSPS) is 21.5. The third kappa shape index (κ3) is 4.06. The Morgan fingerprint density at radius 1 is 1.30 bits per heavy atom. The summed E-state index contributed by atoms with van der Waals surface area (Å²) < 4.78 is 11.8. The summed E-state index contributed by atoms with van der Waals surface area (Å²) in [5, 5.41) is 0. The molecule has 122 valence electrons. The SMILES string of the molecule is CO[C@@]1(COc2cccc(C)c2)CCN(Cc2cnccn2)C1. The molecule has 1 aliphatic rings. The standard InChI is InChI=1S/C18H23N3O2/c1-15-4-3-5-17(10-15)23-14-18(22-2)6-9-21(13-18)12-16-11-19-7-8-20-16/h3-5,7-8,10-11H,6,9,12-14H2,1-2H3/t18-/m0/s1. The second kappa shape index (κ2) is 7.06. The third-order valence-electron chi connectivity index (χ3n) is 4.32. The van der Waals surface area contributed by atoms with E-state index in [1.165, 1.54) is 5.56 Å². The van der Waals surface area contributed by atoms with Crippen LogP contribution in [0.1, 0.15) is 17.7 Å². The van der Waals surface area contributed by atoms with E-state index >= 15 is 0 Å². The first kappa shape index (κ1) is 15.9. The Bertz CT molecular complexity index is 635. The van der Waals surface area contributed by atoms with Crippen LogP contribution >= 0.6 is 0 Å². The van der Waals surface area contributed by atoms with Gasteiger partial charge in [-0.3, -0.25) is 14.9 Å². The molecule has 1 aromatic carbocycles. The highest BCUT2D eigenvalue weighted by molar-refractivity contribution is 5.27. The predicted octanol–water partition coefficient (Wildman–Crippen LogP) is 2.45. The van der Waals surface area contributed by atoms with Crippen molar-refractivity contribution in [1.82, 2.24) is 14.9 Å². The van der Waals surface area contributed by atoms with Gasteiger partial charge in [0.15, 0.2) is 0 Å². The predicted molar refractivity (Wildman–Crippen MR) is 88.3 cm³/mol. The van der Waals surface area contributed by atoms with Gasteiger partial charge in [-0.1, -0.05) is 12.1 Å². The molecule has 5 heteroatoms. The summed E-state index contributed by atoms with van der Waals surface area (Å²) in [7, 11) is 1.77. The van der Waals surface area contributed by atoms with Crippen LogP contribution < -0.4 is 4.74 Å². The quantitative estimate of drug-likeness (QED) is 0.820. The molecule has 1 atom stereocenters. The lowest BCUT2D eigenvalue weighted by Crippen LogP contribution is -2.41. The van der Waals surface area contributed by atoms with E-state index in [9.17, 15) is 0 Å². The highest BCUT2D eigenvalue weighted by Gasteiger charge is 2.39. The first-order valence-electron chi connectivity index (χ1n) is 7.91. The van der Waals surface area contributed by atoms with Crippen molar-refractivity contribution in [3.63, 3.8) is 0 Å². The number of benzene rings is 1. The van der Waals surface area contributed by atoms with Gasteiger partial charge in [-0.05, 0) is 31.0 Å². The van der Waals surface area contributed by atoms with Crippen molar-refractivity contribution in [2.45, 2.75) is 25.5 Å². The van der Waals surface area contributed by atoms with E-state index in [2.05, 4.69) is 33.9 Å². The lowest BCUT2D eigenvalue weighted by atomic mass is 10.0. The molecule has 1 saturated heterocycles. The van der Waals surface area contributed by atoms with E-state index in [1.807, 2.05) is 18.3 Å². The molecule has 1 aliphatic heterocycles. The number of ether oxygens (including phenoxy) is 2. The number of hydrogen-bond donors (Lipinski definition) is 0. The molecule has 0 saturated carbocycles. The summed E-state index contributed by atoms with van der Waals surface area (Å²) in [6.07, 6.45) is 6.20. The second-order valence-corrected chi connectivity index (χ2v) is 6.15. The zero-order valence-electron chi connectivity index (χ0n) is 13.7. The number of nitrogens with zero attached hydrogens (tertiary/aromatic N) is 3. The van der Waals surface area contributed by atoms with Crippen molar-refractivity contribution in [2.24, 2.45) is 0 Å². The van der Waals surface area contributed by atoms with Gasteiger partial charge < -0.3 is 9.47 Å². The fourth-order valence-corrected chi connectivity index (χ4v) is 2.97. The molecule has 0 bridgehead atoms. The molecule has 3 rings (SSSR count). The number of aromatic nitrogens is 2. The summed E-state index contributed by atoms with van der Waals surface area (Å²) >= 11 is 0. The van der Waals surface area contributed by atoms with E-state index < -0.39 is 0 Å². The highest BCUT2D eigenvalue weighted by Crippen LogP contribution is 2.27. The zero-order chi connectivity index (χ0) is 16.1. The molecule has 2 aromatic rings. The van der Waals surface area contributed by atoms with Crippen molar-refractivity contribution < 1.29 is 9.47 Å². The van der Waals surface area contributed by atoms with Gasteiger partial charge in [0.05, 0.1) is 5.69 Å². The van der Waals surface area contributed by atoms with Crippen molar-refractivity contribution >= 4 is 0 Å². The fraction of sp³-hybridized carbons (Fsp3) is 0.444. The van der Waals surface area contributed by atoms with Crippen molar-refractivity contribution in [3.05, 3.63) is 54.1 Å². The summed E-state index contributed by atoms with van der Waals surface area (Å²) in [5.41, 5.74) is 1.93. The summed E-state index contributed by atoms with van der Waals surface area (Å²) in [4.78, 5) is 10.8. The van der Waals surface area contributed by atoms with Gasteiger partial charge in [0.25, 0.3) is 0 Å². The Balaban J connectivity index is 1.59. The van der Waals surface area contributed by atoms with E-state index in [0.29, 0.717) is 6.61 Å². The minimum atomic E-state index is -0.258. The van der Waals surface area contributed by atoms with Crippen LogP contribution in [0.4, 0.5) is 0 Å². The Morgan fingerprint density at radius 2 is 2.22 bits per heavy atom. The highest BCUT2D eigenvalue weighted by atomic mass is 16.5. The van der Waals surface area contributed by atoms with Crippen LogP contribution in [-0.4, -0.2) is 47.3 Å². The molecule has 1 aromatic heterocycles. The molecule has 0 spiro atoms. The zero-order valence-corrected chi connectivity index (χ0v) is 13.7. The van der Waals surface area contributed by atoms with Crippen LogP contribution in [0.5, 0.6) is 5.75 Å². The maximum absolute atomic E-state index is 5.98. The molecule has 0 amide bonds. The second-order valence-electron chi connectivity index (χ2n) is 6.15. The molecule has 0 N–H and O–H groups in total. The van der Waals surface area contributed by atoms with Gasteiger partial charge in [0.2, 0.25) is 0 Å². The van der Waals surface area contributed by atoms with Crippen molar-refractivity contribution in [2.75, 3.05) is 26.8 Å². The van der Waals surface area contributed by atoms with Gasteiger partial charge in [0, 0.05) is 45.3 Å². The van der Waals surface area contributed by atoms with Gasteiger partial charge in [-0.25, -0.2) is 0 Å². The molecule has 0 radical (unpaired) electrons. The topological polar surface area (TPSA) is 47.5 Å². The first-order valence-corrected chi connectivity index (χ1v) is 7.91. The molecule has 1 fully saturated rings. The first-order chi connectivity index (χ1) is 11.2. The Morgan fingerprint density at radius 3 is 2.96 bits per heavy atom.